The zero-order valence-corrected chi connectivity index (χ0v) is 13.1. The topological polar surface area (TPSA) is 34.0 Å². The molecule has 0 unspecified atom stereocenters. The van der Waals surface area contributed by atoms with E-state index in [2.05, 4.69) is 27.0 Å². The number of rotatable bonds is 3. The average Bonchev–Trinajstić information content (AvgIpc) is 2.85. The number of hydrogen-bond acceptors (Lipinski definition) is 3. The fourth-order valence-corrected chi connectivity index (χ4v) is 2.55. The van der Waals surface area contributed by atoms with Crippen LogP contribution in [-0.2, 0) is 5.88 Å². The Labute approximate surface area is 129 Å². The number of aryl methyl sites for hydroxylation is 1. The summed E-state index contributed by atoms with van der Waals surface area (Å²) in [6, 6.07) is 12.2. The lowest BCUT2D eigenvalue weighted by atomic mass is 10.2. The second-order valence-electron chi connectivity index (χ2n) is 5.21. The lowest BCUT2D eigenvalue weighted by molar-refractivity contribution is 0.964. The standard InChI is InChI=1S/C16H17ClN4/c1-11-7-8-14-16(18-11)21(15(10-17)19-14)13-6-4-5-12(9-13)20(2)3/h4-9H,10H2,1-3H3. The second-order valence-corrected chi connectivity index (χ2v) is 5.47. The molecule has 0 aliphatic rings. The molecule has 2 aromatic heterocycles. The summed E-state index contributed by atoms with van der Waals surface area (Å²) in [7, 11) is 4.05. The predicted molar refractivity (Wildman–Crippen MR) is 87.5 cm³/mol. The Morgan fingerprint density at radius 2 is 1.95 bits per heavy atom. The van der Waals surface area contributed by atoms with Crippen molar-refractivity contribution in [3.63, 3.8) is 0 Å². The largest absolute Gasteiger partial charge is 0.378 e. The molecule has 0 spiro atoms. The van der Waals surface area contributed by atoms with E-state index in [1.807, 2.05) is 49.9 Å². The predicted octanol–water partition coefficient (Wildman–Crippen LogP) is 3.53. The van der Waals surface area contributed by atoms with Gasteiger partial charge in [-0.2, -0.15) is 0 Å². The monoisotopic (exact) mass is 300 g/mol. The van der Waals surface area contributed by atoms with Crippen LogP contribution in [0.4, 0.5) is 5.69 Å². The molecule has 1 aromatic carbocycles. The van der Waals surface area contributed by atoms with Crippen molar-refractivity contribution in [2.45, 2.75) is 12.8 Å². The number of pyridine rings is 1. The fourth-order valence-electron chi connectivity index (χ4n) is 2.37. The number of halogens is 1. The minimum atomic E-state index is 0.349. The van der Waals surface area contributed by atoms with Crippen LogP contribution in [0.1, 0.15) is 11.5 Å². The van der Waals surface area contributed by atoms with Gasteiger partial charge >= 0.3 is 0 Å². The third-order valence-corrected chi connectivity index (χ3v) is 3.68. The van der Waals surface area contributed by atoms with E-state index >= 15 is 0 Å². The Kier molecular flexibility index (Phi) is 3.55. The summed E-state index contributed by atoms with van der Waals surface area (Å²) in [6.45, 7) is 1.98. The second kappa shape index (κ2) is 5.37. The highest BCUT2D eigenvalue weighted by atomic mass is 35.5. The first kappa shape index (κ1) is 13.9. The lowest BCUT2D eigenvalue weighted by Crippen LogP contribution is -2.09. The fraction of sp³-hybridized carbons (Fsp3) is 0.250. The molecular weight excluding hydrogens is 284 g/mol. The molecule has 108 valence electrons. The molecule has 0 bridgehead atoms. The highest BCUT2D eigenvalue weighted by molar-refractivity contribution is 6.16. The molecule has 5 heteroatoms. The van der Waals surface area contributed by atoms with E-state index < -0.39 is 0 Å². The van der Waals surface area contributed by atoms with Crippen LogP contribution in [0.2, 0.25) is 0 Å². The Balaban J connectivity index is 2.27. The third kappa shape index (κ3) is 2.47. The van der Waals surface area contributed by atoms with Crippen molar-refractivity contribution in [1.82, 2.24) is 14.5 Å². The van der Waals surface area contributed by atoms with Crippen LogP contribution in [-0.4, -0.2) is 28.6 Å². The molecule has 0 radical (unpaired) electrons. The minimum absolute atomic E-state index is 0.349. The summed E-state index contributed by atoms with van der Waals surface area (Å²) >= 11 is 6.07. The first-order chi connectivity index (χ1) is 10.1. The Hall–Kier alpha value is -2.07. The van der Waals surface area contributed by atoms with Crippen molar-refractivity contribution in [2.75, 3.05) is 19.0 Å². The van der Waals surface area contributed by atoms with Gasteiger partial charge in [-0.05, 0) is 37.3 Å². The van der Waals surface area contributed by atoms with Gasteiger partial charge in [0.15, 0.2) is 5.65 Å². The SMILES string of the molecule is Cc1ccc2nc(CCl)n(-c3cccc(N(C)C)c3)c2n1. The van der Waals surface area contributed by atoms with E-state index in [4.69, 9.17) is 11.6 Å². The minimum Gasteiger partial charge on any atom is -0.378 e. The number of imidazole rings is 1. The molecule has 0 saturated heterocycles. The van der Waals surface area contributed by atoms with Crippen molar-refractivity contribution < 1.29 is 0 Å². The maximum absolute atomic E-state index is 6.07. The van der Waals surface area contributed by atoms with Crippen molar-refractivity contribution in [1.29, 1.82) is 0 Å². The number of anilines is 1. The smallest absolute Gasteiger partial charge is 0.164 e. The van der Waals surface area contributed by atoms with Gasteiger partial charge < -0.3 is 4.90 Å². The molecule has 0 saturated carbocycles. The van der Waals surface area contributed by atoms with E-state index in [0.717, 1.165) is 34.1 Å². The lowest BCUT2D eigenvalue weighted by Gasteiger charge is -2.15. The van der Waals surface area contributed by atoms with E-state index in [0.29, 0.717) is 5.88 Å². The van der Waals surface area contributed by atoms with Crippen molar-refractivity contribution in [3.05, 3.63) is 47.9 Å². The molecule has 0 atom stereocenters. The number of hydrogen-bond donors (Lipinski definition) is 0. The van der Waals surface area contributed by atoms with E-state index in [-0.39, 0.29) is 0 Å². The summed E-state index contributed by atoms with van der Waals surface area (Å²) in [6.07, 6.45) is 0. The molecule has 21 heavy (non-hydrogen) atoms. The van der Waals surface area contributed by atoms with Crippen LogP contribution in [0.3, 0.4) is 0 Å². The zero-order chi connectivity index (χ0) is 15.0. The maximum Gasteiger partial charge on any atom is 0.164 e. The van der Waals surface area contributed by atoms with Crippen molar-refractivity contribution >= 4 is 28.5 Å². The number of nitrogens with zero attached hydrogens (tertiary/aromatic N) is 4. The molecule has 0 aliphatic heterocycles. The van der Waals surface area contributed by atoms with E-state index in [1.165, 1.54) is 0 Å². The molecule has 4 nitrogen and oxygen atoms in total. The van der Waals surface area contributed by atoms with Crippen LogP contribution in [0.25, 0.3) is 16.9 Å². The maximum atomic E-state index is 6.07. The Morgan fingerprint density at radius 1 is 1.14 bits per heavy atom. The molecule has 0 N–H and O–H groups in total. The molecule has 0 aliphatic carbocycles. The van der Waals surface area contributed by atoms with Crippen LogP contribution in [0.5, 0.6) is 0 Å². The van der Waals surface area contributed by atoms with E-state index in [1.54, 1.807) is 0 Å². The average molecular weight is 301 g/mol. The first-order valence-electron chi connectivity index (χ1n) is 6.79. The van der Waals surface area contributed by atoms with Crippen molar-refractivity contribution in [3.8, 4) is 5.69 Å². The van der Waals surface area contributed by atoms with Crippen LogP contribution in [0.15, 0.2) is 36.4 Å². The molecule has 2 heterocycles. The van der Waals surface area contributed by atoms with Gasteiger partial charge in [-0.15, -0.1) is 11.6 Å². The highest BCUT2D eigenvalue weighted by Crippen LogP contribution is 2.24. The van der Waals surface area contributed by atoms with Gasteiger partial charge in [-0.25, -0.2) is 9.97 Å². The highest BCUT2D eigenvalue weighted by Gasteiger charge is 2.13. The Morgan fingerprint density at radius 3 is 2.67 bits per heavy atom. The number of fused-ring (bicyclic) bond motifs is 1. The summed E-state index contributed by atoms with van der Waals surface area (Å²) in [5.41, 5.74) is 4.83. The van der Waals surface area contributed by atoms with Gasteiger partial charge in [0.05, 0.1) is 11.6 Å². The third-order valence-electron chi connectivity index (χ3n) is 3.44. The van der Waals surface area contributed by atoms with E-state index in [9.17, 15) is 0 Å². The summed E-state index contributed by atoms with van der Waals surface area (Å²) in [5, 5.41) is 0. The normalized spacial score (nSPS) is 11.0. The molecular formula is C16H17ClN4. The van der Waals surface area contributed by atoms with Gasteiger partial charge in [0.2, 0.25) is 0 Å². The summed E-state index contributed by atoms with van der Waals surface area (Å²) < 4.78 is 2.03. The Bertz CT molecular complexity index is 792. The van der Waals surface area contributed by atoms with Gasteiger partial charge in [0, 0.05) is 25.5 Å². The number of benzene rings is 1. The zero-order valence-electron chi connectivity index (χ0n) is 12.3. The van der Waals surface area contributed by atoms with Gasteiger partial charge in [-0.3, -0.25) is 4.57 Å². The van der Waals surface area contributed by atoms with Crippen LogP contribution >= 0.6 is 11.6 Å². The number of aromatic nitrogens is 3. The molecule has 3 rings (SSSR count). The van der Waals surface area contributed by atoms with Crippen LogP contribution in [0, 0.1) is 6.92 Å². The summed E-state index contributed by atoms with van der Waals surface area (Å²) in [5.74, 6) is 1.15. The first-order valence-corrected chi connectivity index (χ1v) is 7.32. The molecule has 0 amide bonds. The van der Waals surface area contributed by atoms with Gasteiger partial charge in [0.25, 0.3) is 0 Å². The van der Waals surface area contributed by atoms with Gasteiger partial charge in [0.1, 0.15) is 11.3 Å². The van der Waals surface area contributed by atoms with Crippen molar-refractivity contribution in [2.24, 2.45) is 0 Å². The van der Waals surface area contributed by atoms with Gasteiger partial charge in [-0.1, -0.05) is 6.07 Å². The quantitative estimate of drug-likeness (QED) is 0.694. The molecule has 0 fully saturated rings. The number of alkyl halides is 1. The molecule has 3 aromatic rings. The van der Waals surface area contributed by atoms with Crippen LogP contribution < -0.4 is 4.90 Å². The summed E-state index contributed by atoms with van der Waals surface area (Å²) in [4.78, 5) is 11.3.